The van der Waals surface area contributed by atoms with Crippen LogP contribution in [0.3, 0.4) is 0 Å². The van der Waals surface area contributed by atoms with Crippen molar-refractivity contribution in [3.8, 4) is 0 Å². The van der Waals surface area contributed by atoms with Crippen LogP contribution in [0.5, 0.6) is 0 Å². The van der Waals surface area contributed by atoms with Gasteiger partial charge in [-0.25, -0.2) is 4.79 Å². The SMILES string of the molecule is CCC[CH2][Sn]([CH2]CCC)([CH2]CCC)[c]1cnc(C(CCCC2CCN(C(=O)OC(C)(C)C)CC2)O[Si](C)(C)C(C)(C)C)o1. The third kappa shape index (κ3) is 12.3. The van der Waals surface area contributed by atoms with Gasteiger partial charge in [0.25, 0.3) is 0 Å². The van der Waals surface area contributed by atoms with Gasteiger partial charge >= 0.3 is 236 Å². The van der Waals surface area contributed by atoms with Crippen LogP contribution < -0.4 is 3.78 Å². The number of rotatable bonds is 17. The summed E-state index contributed by atoms with van der Waals surface area (Å²) in [5.74, 6) is 1.47. The van der Waals surface area contributed by atoms with E-state index in [2.05, 4.69) is 60.8 Å². The van der Waals surface area contributed by atoms with E-state index in [0.717, 1.165) is 51.1 Å². The summed E-state index contributed by atoms with van der Waals surface area (Å²) in [7, 11) is -2.02. The number of likely N-dealkylation sites (tertiary alicyclic amines) is 1. The van der Waals surface area contributed by atoms with Gasteiger partial charge in [0.15, 0.2) is 0 Å². The minimum atomic E-state index is -2.70. The van der Waals surface area contributed by atoms with Crippen molar-refractivity contribution in [3.63, 3.8) is 0 Å². The monoisotopic (exact) mass is 728 g/mol. The number of ether oxygens (including phenoxy) is 1. The number of hydrogen-bond acceptors (Lipinski definition) is 5. The van der Waals surface area contributed by atoms with Crippen LogP contribution in [0.15, 0.2) is 10.6 Å². The van der Waals surface area contributed by atoms with Crippen LogP contribution in [0.4, 0.5) is 4.79 Å². The van der Waals surface area contributed by atoms with E-state index in [0.29, 0.717) is 5.92 Å². The van der Waals surface area contributed by atoms with Gasteiger partial charge in [-0.15, -0.1) is 0 Å². The van der Waals surface area contributed by atoms with Gasteiger partial charge in [-0.1, -0.05) is 0 Å². The Bertz CT molecular complexity index is 923. The van der Waals surface area contributed by atoms with E-state index in [9.17, 15) is 4.79 Å². The number of piperidine rings is 1. The van der Waals surface area contributed by atoms with E-state index >= 15 is 0 Å². The van der Waals surface area contributed by atoms with Gasteiger partial charge in [0, 0.05) is 0 Å². The van der Waals surface area contributed by atoms with Crippen molar-refractivity contribution < 1.29 is 18.4 Å². The van der Waals surface area contributed by atoms with Gasteiger partial charge in [0.2, 0.25) is 0 Å². The van der Waals surface area contributed by atoms with Crippen LogP contribution in [-0.4, -0.2) is 61.4 Å². The molecule has 1 aromatic heterocycles. The average Bonchev–Trinajstić information content (AvgIpc) is 3.42. The molecule has 0 spiro atoms. The van der Waals surface area contributed by atoms with Crippen LogP contribution >= 0.6 is 0 Å². The molecule has 6 nitrogen and oxygen atoms in total. The summed E-state index contributed by atoms with van der Waals surface area (Å²) in [6.07, 6.45) is 14.9. The summed E-state index contributed by atoms with van der Waals surface area (Å²) in [4.78, 5) is 19.4. The van der Waals surface area contributed by atoms with Crippen LogP contribution in [-0.2, 0) is 9.16 Å². The number of amides is 1. The topological polar surface area (TPSA) is 64.8 Å². The summed E-state index contributed by atoms with van der Waals surface area (Å²) in [6.45, 7) is 26.0. The molecular weight excluding hydrogens is 659 g/mol. The molecule has 2 rings (SSSR count). The van der Waals surface area contributed by atoms with Crippen molar-refractivity contribution in [1.82, 2.24) is 9.88 Å². The molecule has 1 amide bonds. The van der Waals surface area contributed by atoms with Crippen molar-refractivity contribution in [2.45, 2.75) is 176 Å². The van der Waals surface area contributed by atoms with E-state index in [4.69, 9.17) is 18.6 Å². The van der Waals surface area contributed by atoms with E-state index in [1.165, 1.54) is 55.6 Å². The molecule has 0 aromatic carbocycles. The summed E-state index contributed by atoms with van der Waals surface area (Å²) >= 11 is -2.70. The first kappa shape index (κ1) is 38.6. The molecule has 0 radical (unpaired) electrons. The first-order chi connectivity index (χ1) is 20.1. The standard InChI is InChI=1S/C23H41N2O4Si.3C4H9.Sn/c1-22(2,3)28-21(26)25-15-12-18(13-16-25)10-9-11-19(20-24-14-17-27-20)29-30(7,8)23(4,5)6;3*1-3-4-2;/h14,18-19H,9-13,15-16H2,1-8H3;3*1,3-4H2,2H3;. The van der Waals surface area contributed by atoms with Gasteiger partial charge < -0.3 is 4.74 Å². The Balaban J connectivity index is 2.19. The zero-order chi connectivity index (χ0) is 32.3. The molecule has 1 aliphatic rings. The Kier molecular flexibility index (Phi) is 15.6. The Morgan fingerprint density at radius 3 is 1.98 bits per heavy atom. The Morgan fingerprint density at radius 2 is 1.51 bits per heavy atom. The van der Waals surface area contributed by atoms with E-state index in [1.54, 1.807) is 0 Å². The van der Waals surface area contributed by atoms with Crippen molar-refractivity contribution in [3.05, 3.63) is 12.1 Å². The number of hydrogen-bond donors (Lipinski definition) is 0. The molecule has 1 aliphatic heterocycles. The van der Waals surface area contributed by atoms with Gasteiger partial charge in [-0.3, -0.25) is 0 Å². The Hall–Kier alpha value is -0.544. The van der Waals surface area contributed by atoms with Crippen LogP contribution in [0.2, 0.25) is 31.4 Å². The van der Waals surface area contributed by atoms with Gasteiger partial charge in [-0.05, 0) is 20.8 Å². The molecule has 1 unspecified atom stereocenters. The summed E-state index contributed by atoms with van der Waals surface area (Å²) in [5, 5.41) is 0.127. The Labute approximate surface area is 270 Å². The summed E-state index contributed by atoms with van der Waals surface area (Å²) in [5.41, 5.74) is -0.446. The molecule has 2 heterocycles. The fourth-order valence-corrected chi connectivity index (χ4v) is 22.3. The molecule has 0 N–H and O–H groups in total. The summed E-state index contributed by atoms with van der Waals surface area (Å²) < 4.78 is 25.0. The zero-order valence-electron chi connectivity index (χ0n) is 30.1. The first-order valence-corrected chi connectivity index (χ1v) is 28.1. The fourth-order valence-electron chi connectivity index (χ4n) is 6.06. The van der Waals surface area contributed by atoms with Crippen molar-refractivity contribution in [2.75, 3.05) is 13.1 Å². The number of carbonyl (C=O) groups is 1. The average molecular weight is 728 g/mol. The second-order valence-electron chi connectivity index (χ2n) is 15.9. The predicted octanol–water partition coefficient (Wildman–Crippen LogP) is 10.6. The number of unbranched alkanes of at least 4 members (excludes halogenated alkanes) is 3. The molecule has 43 heavy (non-hydrogen) atoms. The predicted molar refractivity (Wildman–Crippen MR) is 186 cm³/mol. The van der Waals surface area contributed by atoms with Crippen LogP contribution in [0.25, 0.3) is 0 Å². The first-order valence-electron chi connectivity index (χ1n) is 17.7. The van der Waals surface area contributed by atoms with Gasteiger partial charge in [0.05, 0.1) is 0 Å². The van der Waals surface area contributed by atoms with Gasteiger partial charge in [-0.2, -0.15) is 0 Å². The second-order valence-corrected chi connectivity index (χ2v) is 33.6. The number of carbonyl (C=O) groups excluding carboxylic acids is 1. The normalized spacial score (nSPS) is 16.5. The molecule has 1 saturated heterocycles. The van der Waals surface area contributed by atoms with E-state index in [-0.39, 0.29) is 17.2 Å². The van der Waals surface area contributed by atoms with Crippen LogP contribution in [0, 0.1) is 5.92 Å². The number of nitrogens with zero attached hydrogens (tertiary/aromatic N) is 2. The summed E-state index contributed by atoms with van der Waals surface area (Å²) in [6, 6.07) is 0. The maximum atomic E-state index is 12.5. The molecular formula is C35H68N2O4SiSn. The third-order valence-corrected chi connectivity index (χ3v) is 29.3. The molecule has 0 bridgehead atoms. The molecule has 1 atom stereocenters. The Morgan fingerprint density at radius 1 is 0.977 bits per heavy atom. The molecule has 1 fully saturated rings. The van der Waals surface area contributed by atoms with E-state index < -0.39 is 32.3 Å². The molecule has 1 aromatic rings. The molecule has 8 heteroatoms. The third-order valence-electron chi connectivity index (χ3n) is 9.94. The van der Waals surface area contributed by atoms with Gasteiger partial charge in [0.1, 0.15) is 5.60 Å². The van der Waals surface area contributed by atoms with Crippen LogP contribution in [0.1, 0.15) is 145 Å². The fraction of sp³-hybridized carbons (Fsp3) is 0.886. The van der Waals surface area contributed by atoms with Crippen molar-refractivity contribution >= 4 is 36.6 Å². The van der Waals surface area contributed by atoms with E-state index in [1.807, 2.05) is 25.7 Å². The maximum absolute atomic E-state index is 12.5. The number of oxazole rings is 1. The minimum absolute atomic E-state index is 0.0796. The molecule has 0 aliphatic carbocycles. The molecule has 0 saturated carbocycles. The van der Waals surface area contributed by atoms with Crippen molar-refractivity contribution in [2.24, 2.45) is 5.92 Å². The van der Waals surface area contributed by atoms with Crippen molar-refractivity contribution in [1.29, 1.82) is 0 Å². The molecule has 250 valence electrons. The zero-order valence-corrected chi connectivity index (χ0v) is 33.9. The second kappa shape index (κ2) is 17.4. The quantitative estimate of drug-likeness (QED) is 0.150. The number of aromatic nitrogens is 1.